The van der Waals surface area contributed by atoms with Crippen LogP contribution in [0, 0.1) is 5.92 Å². The van der Waals surface area contributed by atoms with Crippen LogP contribution in [0.4, 0.5) is 5.95 Å². The van der Waals surface area contributed by atoms with E-state index in [9.17, 15) is 14.5 Å². The molecule has 0 bridgehead atoms. The maximum Gasteiger partial charge on any atom is 0.613 e. The third-order valence-electron chi connectivity index (χ3n) is 6.12. The van der Waals surface area contributed by atoms with Gasteiger partial charge in [0, 0.05) is 6.42 Å². The Balaban J connectivity index is 1.31. The summed E-state index contributed by atoms with van der Waals surface area (Å²) in [5.74, 6) is 0.105. The number of allylic oxidation sites excluding steroid dienone is 2. The molecule has 1 aromatic carbocycles. The number of esters is 1. The van der Waals surface area contributed by atoms with Gasteiger partial charge < -0.3 is 24.9 Å². The SMILES string of the molecule is COc1nc(N)nc2c1ncn2[C@H]1C=CC(CCO[P+](=O)N[C@@H](Cc2ccccc2O)C(=O)OC(C)C)C1. The van der Waals surface area contributed by atoms with E-state index >= 15 is 0 Å². The lowest BCUT2D eigenvalue weighted by atomic mass is 10.0. The van der Waals surface area contributed by atoms with Crippen LogP contribution in [0.15, 0.2) is 42.7 Å². The number of aromatic hydroxyl groups is 1. The summed E-state index contributed by atoms with van der Waals surface area (Å²) in [5, 5.41) is 12.8. The Morgan fingerprint density at radius 1 is 1.29 bits per heavy atom. The number of phenolic OH excluding ortho intramolecular Hbond substituents is 1. The fourth-order valence-electron chi connectivity index (χ4n) is 4.32. The Hall–Kier alpha value is -3.60. The van der Waals surface area contributed by atoms with E-state index in [0.29, 0.717) is 29.0 Å². The fourth-order valence-corrected chi connectivity index (χ4v) is 5.11. The van der Waals surface area contributed by atoms with Gasteiger partial charge in [0.05, 0.1) is 25.6 Å². The molecule has 0 fully saturated rings. The summed E-state index contributed by atoms with van der Waals surface area (Å²) in [4.78, 5) is 25.4. The maximum absolute atomic E-state index is 12.7. The molecule has 0 saturated heterocycles. The second-order valence-corrected chi connectivity index (χ2v) is 10.3. The molecule has 4 rings (SSSR count). The minimum absolute atomic E-state index is 0.0182. The summed E-state index contributed by atoms with van der Waals surface area (Å²) < 4.78 is 30.7. The average molecular weight is 544 g/mol. The summed E-state index contributed by atoms with van der Waals surface area (Å²) in [7, 11) is -0.844. The van der Waals surface area contributed by atoms with Crippen molar-refractivity contribution in [1.82, 2.24) is 24.6 Å². The van der Waals surface area contributed by atoms with Crippen molar-refractivity contribution in [3.63, 3.8) is 0 Å². The second-order valence-electron chi connectivity index (χ2n) is 9.24. The number of hydrogen-bond acceptors (Lipinski definition) is 10. The van der Waals surface area contributed by atoms with Crippen molar-refractivity contribution >= 4 is 31.3 Å². The molecule has 12 nitrogen and oxygen atoms in total. The average Bonchev–Trinajstić information content (AvgIpc) is 3.51. The van der Waals surface area contributed by atoms with Crippen LogP contribution < -0.4 is 15.6 Å². The molecule has 1 aliphatic carbocycles. The summed E-state index contributed by atoms with van der Waals surface area (Å²) in [6, 6.07) is 5.75. The lowest BCUT2D eigenvalue weighted by molar-refractivity contribution is -0.149. The summed E-state index contributed by atoms with van der Waals surface area (Å²) in [6.07, 6.45) is 7.02. The van der Waals surface area contributed by atoms with Gasteiger partial charge in [-0.2, -0.15) is 9.97 Å². The van der Waals surface area contributed by atoms with E-state index in [1.807, 2.05) is 4.57 Å². The van der Waals surface area contributed by atoms with Crippen LogP contribution in [0.1, 0.15) is 38.3 Å². The Bertz CT molecular complexity index is 1330. The molecule has 0 spiro atoms. The van der Waals surface area contributed by atoms with Gasteiger partial charge >= 0.3 is 14.1 Å². The normalized spacial score (nSPS) is 18.2. The van der Waals surface area contributed by atoms with Crippen molar-refractivity contribution in [2.24, 2.45) is 5.92 Å². The number of carbonyl (C=O) groups is 1. The van der Waals surface area contributed by atoms with Crippen LogP contribution in [-0.4, -0.2) is 56.5 Å². The molecule has 202 valence electrons. The quantitative estimate of drug-likeness (QED) is 0.174. The van der Waals surface area contributed by atoms with Crippen LogP contribution in [-0.2, 0) is 25.0 Å². The number of rotatable bonds is 12. The highest BCUT2D eigenvalue weighted by atomic mass is 31.1. The smallest absolute Gasteiger partial charge is 0.508 e. The number of aromatic nitrogens is 4. The molecule has 2 aromatic heterocycles. The zero-order valence-corrected chi connectivity index (χ0v) is 22.4. The van der Waals surface area contributed by atoms with Crippen LogP contribution in [0.5, 0.6) is 11.6 Å². The van der Waals surface area contributed by atoms with E-state index in [2.05, 4.69) is 32.2 Å². The van der Waals surface area contributed by atoms with Crippen LogP contribution in [0.2, 0.25) is 0 Å². The molecule has 4 N–H and O–H groups in total. The number of para-hydroxylation sites is 1. The number of imidazole rings is 1. The number of nitrogens with one attached hydrogen (secondary N) is 1. The molecular weight excluding hydrogens is 511 g/mol. The Labute approximate surface area is 221 Å². The van der Waals surface area contributed by atoms with Gasteiger partial charge in [-0.25, -0.2) is 4.98 Å². The van der Waals surface area contributed by atoms with Crippen LogP contribution in [0.3, 0.4) is 0 Å². The van der Waals surface area contributed by atoms with E-state index in [-0.39, 0.29) is 42.8 Å². The molecule has 4 atom stereocenters. The van der Waals surface area contributed by atoms with Crippen LogP contribution >= 0.6 is 8.18 Å². The van der Waals surface area contributed by atoms with E-state index in [1.54, 1.807) is 38.4 Å². The monoisotopic (exact) mass is 543 g/mol. The number of nitrogen functional groups attached to an aromatic ring is 1. The summed E-state index contributed by atoms with van der Waals surface area (Å²) in [5.41, 5.74) is 7.49. The van der Waals surface area contributed by atoms with Gasteiger partial charge in [-0.3, -0.25) is 4.79 Å². The number of phenols is 1. The molecule has 0 aliphatic heterocycles. The first-order valence-electron chi connectivity index (χ1n) is 12.3. The van der Waals surface area contributed by atoms with Gasteiger partial charge in [0.25, 0.3) is 0 Å². The van der Waals surface area contributed by atoms with E-state index in [0.717, 1.165) is 6.42 Å². The highest BCUT2D eigenvalue weighted by Gasteiger charge is 2.33. The molecule has 0 amide bonds. The molecule has 1 aliphatic rings. The van der Waals surface area contributed by atoms with Gasteiger partial charge in [0.1, 0.15) is 12.4 Å². The highest BCUT2D eigenvalue weighted by molar-refractivity contribution is 7.36. The zero-order chi connectivity index (χ0) is 27.2. The standard InChI is InChI=1S/C25H31N6O6P/c1-15(2)37-24(33)19(13-17-6-4-5-7-20(17)32)30-38(34)36-11-10-16-8-9-18(12-16)31-14-27-21-22(31)28-25(26)29-23(21)35-3/h4-9,14-16,18-19H,10-13H2,1-3H3,(H3-,26,28,29,30,32,34)/p+1/t16?,18-,19-/m0/s1. The Kier molecular flexibility index (Phi) is 8.88. The predicted octanol–water partition coefficient (Wildman–Crippen LogP) is 3.46. The number of methoxy groups -OCH3 is 1. The minimum atomic E-state index is -2.35. The first-order chi connectivity index (χ1) is 18.2. The maximum atomic E-state index is 12.7. The fraction of sp³-hybridized carbons (Fsp3) is 0.440. The number of nitrogens with zero attached hydrogens (tertiary/aromatic N) is 4. The van der Waals surface area contributed by atoms with Gasteiger partial charge in [-0.05, 0) is 48.8 Å². The molecule has 2 unspecified atom stereocenters. The van der Waals surface area contributed by atoms with Gasteiger partial charge in [0.2, 0.25) is 11.8 Å². The van der Waals surface area contributed by atoms with Gasteiger partial charge in [-0.15, -0.1) is 4.52 Å². The molecule has 2 heterocycles. The minimum Gasteiger partial charge on any atom is -0.508 e. The molecule has 38 heavy (non-hydrogen) atoms. The lowest BCUT2D eigenvalue weighted by Gasteiger charge is -2.15. The number of ether oxygens (including phenoxy) is 2. The highest BCUT2D eigenvalue weighted by Crippen LogP contribution is 2.34. The molecule has 13 heteroatoms. The Morgan fingerprint density at radius 3 is 2.82 bits per heavy atom. The largest absolute Gasteiger partial charge is 0.613 e. The number of nitrogens with two attached hydrogens (primary N) is 1. The third kappa shape index (κ3) is 6.63. The van der Waals surface area contributed by atoms with Crippen molar-refractivity contribution in [3.8, 4) is 11.6 Å². The van der Waals surface area contributed by atoms with Crippen molar-refractivity contribution in [2.45, 2.75) is 51.3 Å². The number of anilines is 1. The molecule has 0 saturated carbocycles. The molecular formula is C25H32N6O6P+. The molecule has 3 aromatic rings. The third-order valence-corrected chi connectivity index (χ3v) is 7.06. The van der Waals surface area contributed by atoms with E-state index < -0.39 is 20.2 Å². The summed E-state index contributed by atoms with van der Waals surface area (Å²) in [6.45, 7) is 3.69. The van der Waals surface area contributed by atoms with Gasteiger partial charge in [0.15, 0.2) is 17.2 Å². The van der Waals surface area contributed by atoms with Crippen molar-refractivity contribution in [3.05, 3.63) is 48.3 Å². The number of hydrogen-bond donors (Lipinski definition) is 3. The Morgan fingerprint density at radius 2 is 2.08 bits per heavy atom. The first kappa shape index (κ1) is 27.4. The molecule has 0 radical (unpaired) electrons. The van der Waals surface area contributed by atoms with Crippen LogP contribution in [0.25, 0.3) is 11.2 Å². The zero-order valence-electron chi connectivity index (χ0n) is 21.5. The van der Waals surface area contributed by atoms with E-state index in [4.69, 9.17) is 19.7 Å². The van der Waals surface area contributed by atoms with Gasteiger partial charge in [-0.1, -0.05) is 35.4 Å². The summed E-state index contributed by atoms with van der Waals surface area (Å²) >= 11 is 0. The van der Waals surface area contributed by atoms with Crippen molar-refractivity contribution in [2.75, 3.05) is 19.5 Å². The number of fused-ring (bicyclic) bond motifs is 1. The second kappa shape index (κ2) is 12.3. The first-order valence-corrected chi connectivity index (χ1v) is 13.5. The van der Waals surface area contributed by atoms with E-state index in [1.165, 1.54) is 13.2 Å². The number of benzene rings is 1. The predicted molar refractivity (Wildman–Crippen MR) is 141 cm³/mol. The number of carbonyl (C=O) groups excluding carboxylic acids is 1. The lowest BCUT2D eigenvalue weighted by Crippen LogP contribution is -2.37. The van der Waals surface area contributed by atoms with Crippen molar-refractivity contribution < 1.29 is 28.5 Å². The topological polar surface area (TPSA) is 164 Å². The van der Waals surface area contributed by atoms with Crippen molar-refractivity contribution in [1.29, 1.82) is 0 Å².